The zero-order valence-corrected chi connectivity index (χ0v) is 18.5. The number of carbonyl (C=O) groups excluding carboxylic acids is 3. The first-order chi connectivity index (χ1) is 14.9. The predicted octanol–water partition coefficient (Wildman–Crippen LogP) is 4.98. The van der Waals surface area contributed by atoms with Crippen LogP contribution in [-0.2, 0) is 9.59 Å². The van der Waals surface area contributed by atoms with Crippen LogP contribution in [0.2, 0.25) is 0 Å². The molecular formula is C24H19BrN2O4. The molecule has 0 atom stereocenters. The lowest BCUT2D eigenvalue weighted by Gasteiger charge is -2.27. The van der Waals surface area contributed by atoms with Crippen LogP contribution in [-0.4, -0.2) is 24.5 Å². The van der Waals surface area contributed by atoms with Gasteiger partial charge >= 0.3 is 6.03 Å². The first kappa shape index (κ1) is 20.8. The van der Waals surface area contributed by atoms with Crippen LogP contribution in [0.15, 0.2) is 64.6 Å². The number of nitrogens with zero attached hydrogens (tertiary/aromatic N) is 1. The summed E-state index contributed by atoms with van der Waals surface area (Å²) in [7, 11) is 0. The lowest BCUT2D eigenvalue weighted by atomic mass is 9.99. The van der Waals surface area contributed by atoms with Crippen LogP contribution < -0.4 is 15.0 Å². The zero-order valence-electron chi connectivity index (χ0n) is 16.9. The molecular weight excluding hydrogens is 460 g/mol. The minimum atomic E-state index is -0.777. The first-order valence-electron chi connectivity index (χ1n) is 9.73. The smallest absolute Gasteiger partial charge is 0.335 e. The number of hydrogen-bond donors (Lipinski definition) is 1. The molecule has 0 bridgehead atoms. The molecule has 0 unspecified atom stereocenters. The highest BCUT2D eigenvalue weighted by Gasteiger charge is 2.37. The monoisotopic (exact) mass is 478 g/mol. The minimum Gasteiger partial charge on any atom is -0.493 e. The Balaban J connectivity index is 1.87. The van der Waals surface area contributed by atoms with Gasteiger partial charge < -0.3 is 4.74 Å². The number of barbiturate groups is 1. The van der Waals surface area contributed by atoms with E-state index in [-0.39, 0.29) is 5.57 Å². The summed E-state index contributed by atoms with van der Waals surface area (Å²) in [6.45, 7) is 4.08. The average Bonchev–Trinajstić information content (AvgIpc) is 2.73. The quantitative estimate of drug-likeness (QED) is 0.423. The Kier molecular flexibility index (Phi) is 5.61. The van der Waals surface area contributed by atoms with Crippen molar-refractivity contribution in [1.82, 2.24) is 5.32 Å². The second-order valence-corrected chi connectivity index (χ2v) is 7.94. The van der Waals surface area contributed by atoms with E-state index in [9.17, 15) is 14.4 Å². The second-order valence-electron chi connectivity index (χ2n) is 7.02. The molecule has 31 heavy (non-hydrogen) atoms. The van der Waals surface area contributed by atoms with Gasteiger partial charge in [-0.1, -0.05) is 46.3 Å². The summed E-state index contributed by atoms with van der Waals surface area (Å²) in [5.41, 5.74) is 1.60. The van der Waals surface area contributed by atoms with Gasteiger partial charge in [-0.15, -0.1) is 0 Å². The largest absolute Gasteiger partial charge is 0.493 e. The summed E-state index contributed by atoms with van der Waals surface area (Å²) < 4.78 is 6.57. The van der Waals surface area contributed by atoms with Gasteiger partial charge in [-0.05, 0) is 60.5 Å². The summed E-state index contributed by atoms with van der Waals surface area (Å²) in [5.74, 6) is -0.872. The van der Waals surface area contributed by atoms with E-state index in [2.05, 4.69) is 21.2 Å². The van der Waals surface area contributed by atoms with E-state index >= 15 is 0 Å². The number of rotatable bonds is 4. The van der Waals surface area contributed by atoms with Crippen molar-refractivity contribution in [2.75, 3.05) is 11.5 Å². The number of halogens is 1. The first-order valence-corrected chi connectivity index (χ1v) is 10.5. The second kappa shape index (κ2) is 8.35. The standard InChI is InChI=1S/C24H19BrN2O4/c1-3-31-21-11-8-15-6-4-5-7-17(15)18(21)13-19-22(28)26-24(30)27(23(19)29)20-10-9-16(25)12-14(20)2/h4-13H,3H2,1-2H3,(H,26,28,30)/b19-13-. The Hall–Kier alpha value is -3.45. The fourth-order valence-corrected chi connectivity index (χ4v) is 4.07. The van der Waals surface area contributed by atoms with E-state index < -0.39 is 17.8 Å². The summed E-state index contributed by atoms with van der Waals surface area (Å²) in [6, 6.07) is 15.8. The van der Waals surface area contributed by atoms with Crippen molar-refractivity contribution in [2.45, 2.75) is 13.8 Å². The molecule has 156 valence electrons. The molecule has 0 spiro atoms. The number of ether oxygens (including phenoxy) is 1. The summed E-state index contributed by atoms with van der Waals surface area (Å²) in [4.78, 5) is 39.5. The predicted molar refractivity (Wildman–Crippen MR) is 123 cm³/mol. The topological polar surface area (TPSA) is 75.7 Å². The average molecular weight is 479 g/mol. The van der Waals surface area contributed by atoms with Gasteiger partial charge in [0.25, 0.3) is 11.8 Å². The molecule has 3 aromatic carbocycles. The molecule has 1 aliphatic heterocycles. The maximum Gasteiger partial charge on any atom is 0.335 e. The normalized spacial score (nSPS) is 15.5. The molecule has 3 aromatic rings. The maximum absolute atomic E-state index is 13.3. The van der Waals surface area contributed by atoms with Gasteiger partial charge in [0, 0.05) is 10.0 Å². The van der Waals surface area contributed by atoms with Crippen molar-refractivity contribution >= 4 is 56.3 Å². The van der Waals surface area contributed by atoms with Gasteiger partial charge in [-0.3, -0.25) is 14.9 Å². The number of benzene rings is 3. The number of amides is 4. The fourth-order valence-electron chi connectivity index (χ4n) is 3.60. The molecule has 0 aliphatic carbocycles. The van der Waals surface area contributed by atoms with Crippen LogP contribution in [0.4, 0.5) is 10.5 Å². The lowest BCUT2D eigenvalue weighted by Crippen LogP contribution is -2.54. The molecule has 1 aliphatic rings. The SMILES string of the molecule is CCOc1ccc2ccccc2c1/C=C1/C(=O)NC(=O)N(c2ccc(Br)cc2C)C1=O. The Labute approximate surface area is 187 Å². The number of imide groups is 2. The van der Waals surface area contributed by atoms with Gasteiger partial charge in [0.1, 0.15) is 11.3 Å². The van der Waals surface area contributed by atoms with Crippen molar-refractivity contribution < 1.29 is 19.1 Å². The van der Waals surface area contributed by atoms with Crippen LogP contribution in [0.5, 0.6) is 5.75 Å². The number of nitrogens with one attached hydrogen (secondary N) is 1. The molecule has 1 N–H and O–H groups in total. The highest BCUT2D eigenvalue weighted by molar-refractivity contribution is 9.10. The van der Waals surface area contributed by atoms with E-state index in [1.165, 1.54) is 6.08 Å². The maximum atomic E-state index is 13.3. The summed E-state index contributed by atoms with van der Waals surface area (Å²) in [6.07, 6.45) is 1.50. The van der Waals surface area contributed by atoms with E-state index in [1.54, 1.807) is 25.1 Å². The number of aryl methyl sites for hydroxylation is 1. The molecule has 4 rings (SSSR count). The van der Waals surface area contributed by atoms with Crippen molar-refractivity contribution in [3.8, 4) is 5.75 Å². The number of carbonyl (C=O) groups is 3. The minimum absolute atomic E-state index is 0.140. The molecule has 4 amide bonds. The Morgan fingerprint density at radius 2 is 1.84 bits per heavy atom. The number of fused-ring (bicyclic) bond motifs is 1. The Morgan fingerprint density at radius 1 is 1.06 bits per heavy atom. The molecule has 1 fully saturated rings. The van der Waals surface area contributed by atoms with Crippen molar-refractivity contribution in [3.05, 3.63) is 75.8 Å². The number of urea groups is 1. The van der Waals surface area contributed by atoms with Crippen molar-refractivity contribution in [2.24, 2.45) is 0 Å². The Morgan fingerprint density at radius 3 is 2.58 bits per heavy atom. The highest BCUT2D eigenvalue weighted by atomic mass is 79.9. The zero-order chi connectivity index (χ0) is 22.1. The van der Waals surface area contributed by atoms with Crippen LogP contribution in [0.25, 0.3) is 16.8 Å². The van der Waals surface area contributed by atoms with E-state index in [1.807, 2.05) is 43.3 Å². The van der Waals surface area contributed by atoms with Crippen LogP contribution in [0, 0.1) is 6.92 Å². The van der Waals surface area contributed by atoms with Gasteiger partial charge in [-0.25, -0.2) is 9.69 Å². The van der Waals surface area contributed by atoms with Gasteiger partial charge in [0.2, 0.25) is 0 Å². The molecule has 7 heteroatoms. The van der Waals surface area contributed by atoms with Gasteiger partial charge in [-0.2, -0.15) is 0 Å². The van der Waals surface area contributed by atoms with Crippen molar-refractivity contribution in [1.29, 1.82) is 0 Å². The summed E-state index contributed by atoms with van der Waals surface area (Å²) in [5, 5.41) is 4.06. The van der Waals surface area contributed by atoms with E-state index in [0.717, 1.165) is 20.1 Å². The summed E-state index contributed by atoms with van der Waals surface area (Å²) >= 11 is 3.38. The van der Waals surface area contributed by atoms with Crippen LogP contribution in [0.3, 0.4) is 0 Å². The third kappa shape index (κ3) is 3.84. The third-order valence-electron chi connectivity index (χ3n) is 5.02. The molecule has 0 saturated carbocycles. The lowest BCUT2D eigenvalue weighted by molar-refractivity contribution is -0.122. The molecule has 6 nitrogen and oxygen atoms in total. The molecule has 0 aromatic heterocycles. The van der Waals surface area contributed by atoms with E-state index in [4.69, 9.17) is 4.74 Å². The number of anilines is 1. The molecule has 1 heterocycles. The fraction of sp³-hybridized carbons (Fsp3) is 0.125. The molecule has 1 saturated heterocycles. The Bertz CT molecular complexity index is 1270. The molecule has 0 radical (unpaired) electrons. The van der Waals surface area contributed by atoms with Gasteiger partial charge in [0.15, 0.2) is 0 Å². The van der Waals surface area contributed by atoms with Crippen LogP contribution >= 0.6 is 15.9 Å². The van der Waals surface area contributed by atoms with E-state index in [0.29, 0.717) is 29.2 Å². The van der Waals surface area contributed by atoms with Crippen molar-refractivity contribution in [3.63, 3.8) is 0 Å². The number of hydrogen-bond acceptors (Lipinski definition) is 4. The van der Waals surface area contributed by atoms with Gasteiger partial charge in [0.05, 0.1) is 12.3 Å². The third-order valence-corrected chi connectivity index (χ3v) is 5.51. The highest BCUT2D eigenvalue weighted by Crippen LogP contribution is 2.32. The van der Waals surface area contributed by atoms with Crippen LogP contribution in [0.1, 0.15) is 18.1 Å².